The van der Waals surface area contributed by atoms with Gasteiger partial charge in [-0.2, -0.15) is 0 Å². The van der Waals surface area contributed by atoms with Gasteiger partial charge in [0.15, 0.2) is 0 Å². The van der Waals surface area contributed by atoms with Crippen molar-refractivity contribution in [3.8, 4) is 0 Å². The van der Waals surface area contributed by atoms with E-state index in [2.05, 4.69) is 34.4 Å². The molecule has 0 bridgehead atoms. The zero-order valence-electron chi connectivity index (χ0n) is 10.5. The Morgan fingerprint density at radius 3 is 2.94 bits per heavy atom. The normalized spacial score (nSPS) is 23.6. The van der Waals surface area contributed by atoms with Crippen molar-refractivity contribution in [2.75, 3.05) is 30.4 Å². The van der Waals surface area contributed by atoms with Crippen LogP contribution in [-0.2, 0) is 4.74 Å². The van der Waals surface area contributed by atoms with Gasteiger partial charge in [-0.3, -0.25) is 0 Å². The average Bonchev–Trinajstić information content (AvgIpc) is 2.73. The lowest BCUT2D eigenvalue weighted by molar-refractivity contribution is 0.185. The molecular weight excluding hydrogens is 216 g/mol. The standard InChI is InChI=1S/C12H20N4O/c1-3-5-13-10-7-11(15-9-14-10)16-12(2)4-6-17-8-12/h7,9H,3-6,8H2,1-2H3,(H2,13,14,15,16). The van der Waals surface area contributed by atoms with Gasteiger partial charge >= 0.3 is 0 Å². The second kappa shape index (κ2) is 5.31. The van der Waals surface area contributed by atoms with Crippen molar-refractivity contribution >= 4 is 11.6 Å². The topological polar surface area (TPSA) is 59.1 Å². The van der Waals surface area contributed by atoms with E-state index in [0.29, 0.717) is 0 Å². The smallest absolute Gasteiger partial charge is 0.131 e. The maximum Gasteiger partial charge on any atom is 0.131 e. The minimum absolute atomic E-state index is 0.00359. The highest BCUT2D eigenvalue weighted by molar-refractivity contribution is 5.47. The Labute approximate surface area is 102 Å². The Kier molecular flexibility index (Phi) is 3.78. The van der Waals surface area contributed by atoms with E-state index in [-0.39, 0.29) is 5.54 Å². The molecule has 1 aromatic heterocycles. The lowest BCUT2D eigenvalue weighted by Crippen LogP contribution is -2.35. The molecule has 1 aliphatic rings. The van der Waals surface area contributed by atoms with Gasteiger partial charge in [-0.1, -0.05) is 6.92 Å². The molecule has 1 atom stereocenters. The highest BCUT2D eigenvalue weighted by Gasteiger charge is 2.29. The van der Waals surface area contributed by atoms with Crippen molar-refractivity contribution in [3.05, 3.63) is 12.4 Å². The summed E-state index contributed by atoms with van der Waals surface area (Å²) in [4.78, 5) is 8.42. The molecule has 1 saturated heterocycles. The van der Waals surface area contributed by atoms with E-state index in [9.17, 15) is 0 Å². The lowest BCUT2D eigenvalue weighted by atomic mass is 10.0. The lowest BCUT2D eigenvalue weighted by Gasteiger charge is -2.24. The van der Waals surface area contributed by atoms with Crippen molar-refractivity contribution in [1.82, 2.24) is 9.97 Å². The molecule has 0 aromatic carbocycles. The van der Waals surface area contributed by atoms with Gasteiger partial charge in [0.1, 0.15) is 18.0 Å². The summed E-state index contributed by atoms with van der Waals surface area (Å²) in [6.07, 6.45) is 3.67. The van der Waals surface area contributed by atoms with Gasteiger partial charge in [-0.15, -0.1) is 0 Å². The molecule has 5 nitrogen and oxygen atoms in total. The molecule has 0 aliphatic carbocycles. The van der Waals surface area contributed by atoms with Crippen LogP contribution in [0.4, 0.5) is 11.6 Å². The number of hydrogen-bond acceptors (Lipinski definition) is 5. The van der Waals surface area contributed by atoms with Crippen molar-refractivity contribution in [3.63, 3.8) is 0 Å². The van der Waals surface area contributed by atoms with E-state index in [1.807, 2.05) is 6.07 Å². The summed E-state index contributed by atoms with van der Waals surface area (Å²) in [7, 11) is 0. The predicted octanol–water partition coefficient (Wildman–Crippen LogP) is 1.89. The number of anilines is 2. The van der Waals surface area contributed by atoms with Crippen LogP contribution in [0.1, 0.15) is 26.7 Å². The van der Waals surface area contributed by atoms with Gasteiger partial charge in [0.2, 0.25) is 0 Å². The Morgan fingerprint density at radius 2 is 2.24 bits per heavy atom. The average molecular weight is 236 g/mol. The first kappa shape index (κ1) is 12.1. The van der Waals surface area contributed by atoms with Gasteiger partial charge < -0.3 is 15.4 Å². The second-order valence-electron chi connectivity index (χ2n) is 4.70. The number of aromatic nitrogens is 2. The number of nitrogens with zero attached hydrogens (tertiary/aromatic N) is 2. The van der Waals surface area contributed by atoms with Gasteiger partial charge in [-0.25, -0.2) is 9.97 Å². The summed E-state index contributed by atoms with van der Waals surface area (Å²) < 4.78 is 5.41. The fraction of sp³-hybridized carbons (Fsp3) is 0.667. The third-order valence-electron chi connectivity index (χ3n) is 2.87. The first-order chi connectivity index (χ1) is 8.22. The number of hydrogen-bond donors (Lipinski definition) is 2. The van der Waals surface area contributed by atoms with Crippen LogP contribution in [0.3, 0.4) is 0 Å². The van der Waals surface area contributed by atoms with Crippen molar-refractivity contribution in [2.24, 2.45) is 0 Å². The van der Waals surface area contributed by atoms with Crippen molar-refractivity contribution in [1.29, 1.82) is 0 Å². The molecule has 1 aliphatic heterocycles. The Bertz CT molecular complexity index is 363. The molecule has 0 spiro atoms. The SMILES string of the molecule is CCCNc1cc(NC2(C)CCOC2)ncn1. The summed E-state index contributed by atoms with van der Waals surface area (Å²) in [6, 6.07) is 1.94. The third kappa shape index (κ3) is 3.30. The quantitative estimate of drug-likeness (QED) is 0.817. The molecule has 17 heavy (non-hydrogen) atoms. The minimum atomic E-state index is -0.00359. The van der Waals surface area contributed by atoms with Crippen LogP contribution < -0.4 is 10.6 Å². The van der Waals surface area contributed by atoms with E-state index in [0.717, 1.165) is 44.2 Å². The summed E-state index contributed by atoms with van der Waals surface area (Å²) in [6.45, 7) is 6.76. The van der Waals surface area contributed by atoms with E-state index in [4.69, 9.17) is 4.74 Å². The molecule has 1 unspecified atom stereocenters. The maximum atomic E-state index is 5.41. The number of rotatable bonds is 5. The number of nitrogens with one attached hydrogen (secondary N) is 2. The van der Waals surface area contributed by atoms with Crippen LogP contribution in [0, 0.1) is 0 Å². The van der Waals surface area contributed by atoms with Crippen LogP contribution in [0.15, 0.2) is 12.4 Å². The summed E-state index contributed by atoms with van der Waals surface area (Å²) >= 11 is 0. The Hall–Kier alpha value is -1.36. The van der Waals surface area contributed by atoms with Crippen LogP contribution in [0.2, 0.25) is 0 Å². The maximum absolute atomic E-state index is 5.41. The molecule has 5 heteroatoms. The van der Waals surface area contributed by atoms with Crippen LogP contribution in [-0.4, -0.2) is 35.3 Å². The number of ether oxygens (including phenoxy) is 1. The fourth-order valence-corrected chi connectivity index (χ4v) is 1.85. The van der Waals surface area contributed by atoms with Crippen LogP contribution >= 0.6 is 0 Å². The van der Waals surface area contributed by atoms with Crippen molar-refractivity contribution < 1.29 is 4.74 Å². The van der Waals surface area contributed by atoms with Gasteiger partial charge in [0, 0.05) is 19.2 Å². The summed E-state index contributed by atoms with van der Waals surface area (Å²) in [5.41, 5.74) is -0.00359. The third-order valence-corrected chi connectivity index (χ3v) is 2.87. The molecule has 0 amide bonds. The van der Waals surface area contributed by atoms with Crippen molar-refractivity contribution in [2.45, 2.75) is 32.2 Å². The first-order valence-corrected chi connectivity index (χ1v) is 6.14. The second-order valence-corrected chi connectivity index (χ2v) is 4.70. The highest BCUT2D eigenvalue weighted by atomic mass is 16.5. The Morgan fingerprint density at radius 1 is 1.41 bits per heavy atom. The zero-order valence-corrected chi connectivity index (χ0v) is 10.5. The van der Waals surface area contributed by atoms with Crippen LogP contribution in [0.25, 0.3) is 0 Å². The molecular formula is C12H20N4O. The van der Waals surface area contributed by atoms with Gasteiger partial charge in [0.05, 0.1) is 12.1 Å². The van der Waals surface area contributed by atoms with E-state index in [1.165, 1.54) is 0 Å². The molecule has 1 aromatic rings. The molecule has 0 radical (unpaired) electrons. The fourth-order valence-electron chi connectivity index (χ4n) is 1.85. The van der Waals surface area contributed by atoms with E-state index >= 15 is 0 Å². The molecule has 2 rings (SSSR count). The molecule has 2 N–H and O–H groups in total. The minimum Gasteiger partial charge on any atom is -0.379 e. The first-order valence-electron chi connectivity index (χ1n) is 6.14. The monoisotopic (exact) mass is 236 g/mol. The van der Waals surface area contributed by atoms with E-state index < -0.39 is 0 Å². The highest BCUT2D eigenvalue weighted by Crippen LogP contribution is 2.23. The zero-order chi connectivity index (χ0) is 12.1. The summed E-state index contributed by atoms with van der Waals surface area (Å²) in [5.74, 6) is 1.72. The molecule has 2 heterocycles. The summed E-state index contributed by atoms with van der Waals surface area (Å²) in [5, 5.41) is 6.67. The van der Waals surface area contributed by atoms with E-state index in [1.54, 1.807) is 6.33 Å². The molecule has 94 valence electrons. The molecule has 0 saturated carbocycles. The van der Waals surface area contributed by atoms with Gasteiger partial charge in [-0.05, 0) is 19.8 Å². The Balaban J connectivity index is 2.00. The molecule has 1 fully saturated rings. The predicted molar refractivity (Wildman–Crippen MR) is 68.3 cm³/mol. The van der Waals surface area contributed by atoms with Gasteiger partial charge in [0.25, 0.3) is 0 Å². The largest absolute Gasteiger partial charge is 0.379 e. The van der Waals surface area contributed by atoms with Crippen LogP contribution in [0.5, 0.6) is 0 Å².